The van der Waals surface area contributed by atoms with Crippen LogP contribution in [0.2, 0.25) is 5.02 Å². The Hall–Kier alpha value is -3.49. The van der Waals surface area contributed by atoms with Crippen molar-refractivity contribution < 1.29 is 19.0 Å². The smallest absolute Gasteiger partial charge is 0.185 e. The second-order valence-electron chi connectivity index (χ2n) is 8.14. The molecule has 174 valence electrons. The number of ether oxygens (including phenoxy) is 3. The van der Waals surface area contributed by atoms with Gasteiger partial charge in [-0.2, -0.15) is 5.10 Å². The van der Waals surface area contributed by atoms with Gasteiger partial charge in [-0.1, -0.05) is 29.8 Å². The molecule has 1 aliphatic rings. The summed E-state index contributed by atoms with van der Waals surface area (Å²) in [6, 6.07) is 13.2. The summed E-state index contributed by atoms with van der Waals surface area (Å²) in [5.74, 6) is 1.13. The lowest BCUT2D eigenvalue weighted by atomic mass is 9.83. The van der Waals surface area contributed by atoms with E-state index in [4.69, 9.17) is 30.9 Å². The molecule has 0 unspecified atom stereocenters. The Morgan fingerprint density at radius 3 is 2.59 bits per heavy atom. The molecule has 0 bridgehead atoms. The molecular weight excluding hydrogens is 456 g/mol. The van der Waals surface area contributed by atoms with Crippen LogP contribution in [0.15, 0.2) is 42.5 Å². The number of ketones is 1. The second-order valence-corrected chi connectivity index (χ2v) is 8.57. The molecule has 0 fully saturated rings. The average molecular weight is 479 g/mol. The molecular formula is C25H23ClN4O4. The Bertz CT molecular complexity index is 1400. The van der Waals surface area contributed by atoms with Crippen molar-refractivity contribution in [3.63, 3.8) is 0 Å². The summed E-state index contributed by atoms with van der Waals surface area (Å²) >= 11 is 6.21. The van der Waals surface area contributed by atoms with Crippen LogP contribution >= 0.6 is 11.6 Å². The maximum Gasteiger partial charge on any atom is 0.185 e. The second kappa shape index (κ2) is 9.04. The molecule has 1 atom stereocenters. The number of carbonyl (C=O) groups excluding carboxylic acids is 1. The van der Waals surface area contributed by atoms with Crippen molar-refractivity contribution in [2.45, 2.75) is 25.4 Å². The zero-order valence-electron chi connectivity index (χ0n) is 19.0. The molecule has 8 nitrogen and oxygen atoms in total. The summed E-state index contributed by atoms with van der Waals surface area (Å²) < 4.78 is 18.0. The van der Waals surface area contributed by atoms with Crippen molar-refractivity contribution in [1.82, 2.24) is 19.8 Å². The van der Waals surface area contributed by atoms with E-state index < -0.39 is 0 Å². The maximum absolute atomic E-state index is 13.0. The van der Waals surface area contributed by atoms with Gasteiger partial charge >= 0.3 is 0 Å². The van der Waals surface area contributed by atoms with Gasteiger partial charge in [0.2, 0.25) is 0 Å². The van der Waals surface area contributed by atoms with Crippen molar-refractivity contribution >= 4 is 23.0 Å². The quantitative estimate of drug-likeness (QED) is 0.402. The summed E-state index contributed by atoms with van der Waals surface area (Å²) in [6.07, 6.45) is 0.940. The highest BCUT2D eigenvalue weighted by Crippen LogP contribution is 2.38. The molecule has 2 aromatic heterocycles. The number of benzene rings is 2. The minimum atomic E-state index is -0.0583. The zero-order chi connectivity index (χ0) is 23.8. The molecule has 1 aliphatic carbocycles. The summed E-state index contributed by atoms with van der Waals surface area (Å²) in [7, 11) is 4.79. The summed E-state index contributed by atoms with van der Waals surface area (Å²) in [5, 5.41) is 14.2. The Morgan fingerprint density at radius 1 is 1.03 bits per heavy atom. The topological polar surface area (TPSA) is 87.8 Å². The number of aromatic nitrogens is 4. The monoisotopic (exact) mass is 478 g/mol. The molecule has 0 amide bonds. The van der Waals surface area contributed by atoms with Gasteiger partial charge in [0.25, 0.3) is 0 Å². The van der Waals surface area contributed by atoms with Crippen LogP contribution in [0.4, 0.5) is 0 Å². The Kier molecular flexibility index (Phi) is 5.93. The molecule has 4 aromatic rings. The first-order valence-electron chi connectivity index (χ1n) is 10.8. The van der Waals surface area contributed by atoms with Crippen LogP contribution in [0.1, 0.15) is 39.8 Å². The van der Waals surface area contributed by atoms with Crippen LogP contribution < -0.4 is 9.47 Å². The fourth-order valence-electron chi connectivity index (χ4n) is 4.54. The number of hydrogen-bond acceptors (Lipinski definition) is 7. The number of fused-ring (bicyclic) bond motifs is 3. The van der Waals surface area contributed by atoms with Crippen LogP contribution in [-0.4, -0.2) is 46.9 Å². The van der Waals surface area contributed by atoms with Crippen molar-refractivity contribution in [3.05, 3.63) is 70.1 Å². The van der Waals surface area contributed by atoms with E-state index in [1.165, 1.54) is 0 Å². The molecule has 0 aliphatic heterocycles. The number of nitrogens with zero attached hydrogens (tertiary/aromatic N) is 4. The summed E-state index contributed by atoms with van der Waals surface area (Å²) in [4.78, 5) is 13.0. The van der Waals surface area contributed by atoms with Gasteiger partial charge < -0.3 is 14.2 Å². The van der Waals surface area contributed by atoms with Gasteiger partial charge in [0.1, 0.15) is 0 Å². The van der Waals surface area contributed by atoms with Crippen LogP contribution in [0.3, 0.4) is 0 Å². The molecule has 9 heteroatoms. The molecule has 0 radical (unpaired) electrons. The third-order valence-electron chi connectivity index (χ3n) is 6.12. The van der Waals surface area contributed by atoms with E-state index in [2.05, 4.69) is 10.2 Å². The lowest BCUT2D eigenvalue weighted by molar-refractivity contribution is 0.0955. The van der Waals surface area contributed by atoms with E-state index in [0.29, 0.717) is 46.4 Å². The largest absolute Gasteiger partial charge is 0.493 e. The molecule has 34 heavy (non-hydrogen) atoms. The number of hydrogen-bond donors (Lipinski definition) is 0. The van der Waals surface area contributed by atoms with Gasteiger partial charge in [0, 0.05) is 18.6 Å². The fraction of sp³-hybridized carbons (Fsp3) is 0.280. The first-order chi connectivity index (χ1) is 16.5. The lowest BCUT2D eigenvalue weighted by Crippen LogP contribution is -2.24. The Labute approximate surface area is 201 Å². The zero-order valence-corrected chi connectivity index (χ0v) is 19.8. The van der Waals surface area contributed by atoms with Crippen molar-refractivity contribution in [3.8, 4) is 22.6 Å². The summed E-state index contributed by atoms with van der Waals surface area (Å²) in [5.41, 5.74) is 4.96. The van der Waals surface area contributed by atoms with E-state index in [1.807, 2.05) is 42.5 Å². The van der Waals surface area contributed by atoms with Gasteiger partial charge in [-0.25, -0.2) is 4.52 Å². The molecule has 2 heterocycles. The molecule has 2 aromatic carbocycles. The minimum absolute atomic E-state index is 0.0225. The lowest BCUT2D eigenvalue weighted by Gasteiger charge is -2.23. The van der Waals surface area contributed by atoms with E-state index >= 15 is 0 Å². The van der Waals surface area contributed by atoms with Gasteiger partial charge in [0.15, 0.2) is 28.6 Å². The van der Waals surface area contributed by atoms with E-state index in [-0.39, 0.29) is 18.3 Å². The van der Waals surface area contributed by atoms with Gasteiger partial charge in [-0.05, 0) is 47.7 Å². The third kappa shape index (κ3) is 3.78. The number of carbonyl (C=O) groups is 1. The van der Waals surface area contributed by atoms with Gasteiger partial charge in [0.05, 0.1) is 37.8 Å². The SMILES string of the molecule is COCc1nn2c3c(nnc2c1-c1ccc(OC)c(OC)c1)C(=O)C[C@H](c1cccc(Cl)c1)C3. The van der Waals surface area contributed by atoms with Gasteiger partial charge in [-0.15, -0.1) is 10.2 Å². The number of rotatable bonds is 6. The van der Waals surface area contributed by atoms with Crippen LogP contribution in [-0.2, 0) is 17.8 Å². The molecule has 5 rings (SSSR count). The Morgan fingerprint density at radius 2 is 1.85 bits per heavy atom. The van der Waals surface area contributed by atoms with E-state index in [1.54, 1.807) is 25.8 Å². The van der Waals surface area contributed by atoms with Crippen LogP contribution in [0.25, 0.3) is 16.8 Å². The maximum atomic E-state index is 13.0. The highest BCUT2D eigenvalue weighted by molar-refractivity contribution is 6.30. The van der Waals surface area contributed by atoms with Gasteiger partial charge in [-0.3, -0.25) is 4.79 Å². The first-order valence-corrected chi connectivity index (χ1v) is 11.2. The van der Waals surface area contributed by atoms with Crippen LogP contribution in [0, 0.1) is 0 Å². The highest BCUT2D eigenvalue weighted by Gasteiger charge is 2.32. The van der Waals surface area contributed by atoms with Crippen molar-refractivity contribution in [2.24, 2.45) is 0 Å². The fourth-order valence-corrected chi connectivity index (χ4v) is 4.73. The standard InChI is InChI=1S/C25H23ClN4O4/c1-32-13-18-23(15-7-8-21(33-2)22(12-15)34-3)25-28-27-24-19(30(25)29-18)10-16(11-20(24)31)14-5-4-6-17(26)9-14/h4-9,12,16H,10-11,13H2,1-3H3/t16-/m1/s1. The minimum Gasteiger partial charge on any atom is -0.493 e. The predicted octanol–water partition coefficient (Wildman–Crippen LogP) is 4.52. The molecule has 0 saturated heterocycles. The first kappa shape index (κ1) is 22.3. The van der Waals surface area contributed by atoms with E-state index in [9.17, 15) is 4.79 Å². The van der Waals surface area contributed by atoms with Crippen molar-refractivity contribution in [2.75, 3.05) is 21.3 Å². The van der Waals surface area contributed by atoms with E-state index in [0.717, 1.165) is 22.4 Å². The predicted molar refractivity (Wildman–Crippen MR) is 127 cm³/mol. The average Bonchev–Trinajstić information content (AvgIpc) is 3.22. The highest BCUT2D eigenvalue weighted by atomic mass is 35.5. The molecule has 0 N–H and O–H groups in total. The number of methoxy groups -OCH3 is 3. The van der Waals surface area contributed by atoms with Crippen molar-refractivity contribution in [1.29, 1.82) is 0 Å². The van der Waals surface area contributed by atoms with Crippen LogP contribution in [0.5, 0.6) is 11.5 Å². The number of Topliss-reactive ketones (excluding diaryl/α,β-unsaturated/α-hetero) is 1. The third-order valence-corrected chi connectivity index (χ3v) is 6.35. The number of halogens is 1. The molecule has 0 spiro atoms. The molecule has 0 saturated carbocycles. The normalized spacial score (nSPS) is 15.4. The summed E-state index contributed by atoms with van der Waals surface area (Å²) in [6.45, 7) is 0.271. The Balaban J connectivity index is 1.68.